The molecule has 0 aliphatic carbocycles. The molecule has 1 amide bonds. The molecule has 0 unspecified atom stereocenters. The van der Waals surface area contributed by atoms with Crippen LogP contribution in [-0.4, -0.2) is 16.8 Å². The molecule has 24 heavy (non-hydrogen) atoms. The van der Waals surface area contributed by atoms with Crippen LogP contribution in [0.5, 0.6) is 0 Å². The van der Waals surface area contributed by atoms with Gasteiger partial charge in [0.05, 0.1) is 26.5 Å². The smallest absolute Gasteiger partial charge is 0.545 e. The molecule has 7 nitrogen and oxygen atoms in total. The number of nitro benzene ring substituents is 1. The van der Waals surface area contributed by atoms with Crippen molar-refractivity contribution >= 4 is 46.5 Å². The quantitative estimate of drug-likeness (QED) is 0.440. The van der Waals surface area contributed by atoms with E-state index in [4.69, 9.17) is 23.2 Å². The van der Waals surface area contributed by atoms with Crippen LogP contribution < -0.4 is 40.0 Å². The number of carboxylic acids is 1. The Hall–Kier alpha value is -1.64. The van der Waals surface area contributed by atoms with E-state index in [-0.39, 0.29) is 56.5 Å². The van der Waals surface area contributed by atoms with Gasteiger partial charge in [0.2, 0.25) is 0 Å². The fourth-order valence-electron chi connectivity index (χ4n) is 1.77. The molecule has 0 aromatic heterocycles. The molecule has 2 aromatic rings. The van der Waals surface area contributed by atoms with Crippen LogP contribution >= 0.6 is 23.2 Å². The number of hydrogen-bond acceptors (Lipinski definition) is 5. The van der Waals surface area contributed by atoms with E-state index in [0.717, 1.165) is 12.1 Å². The van der Waals surface area contributed by atoms with Crippen molar-refractivity contribution < 1.29 is 49.2 Å². The molecule has 0 aliphatic heterocycles. The second-order valence-corrected chi connectivity index (χ2v) is 5.17. The Morgan fingerprint density at radius 3 is 1.96 bits per heavy atom. The first-order valence-electron chi connectivity index (χ1n) is 6.06. The van der Waals surface area contributed by atoms with Gasteiger partial charge in [-0.25, -0.2) is 0 Å². The first-order chi connectivity index (χ1) is 10.8. The van der Waals surface area contributed by atoms with Crippen molar-refractivity contribution in [3.63, 3.8) is 0 Å². The maximum atomic E-state index is 12.2. The SMILES string of the molecule is O=C([O-])c1cc(Cl)c(Cl)cc1C(=O)Nc1ccc([N+](=O)[O-])cc1.[Na+]. The number of carbonyl (C=O) groups is 2. The van der Waals surface area contributed by atoms with Crippen LogP contribution in [0, 0.1) is 10.1 Å². The molecular weight excluding hydrogens is 370 g/mol. The zero-order valence-corrected chi connectivity index (χ0v) is 15.7. The standard InChI is InChI=1S/C14H8Cl2N2O5.Na/c15-11-5-9(10(14(20)21)6-12(11)16)13(19)17-7-1-3-8(4-2-7)18(22)23;/h1-6H,(H,17,19)(H,20,21);/q;+1/p-1. The Kier molecular flexibility index (Phi) is 7.19. The van der Waals surface area contributed by atoms with Crippen molar-refractivity contribution in [1.29, 1.82) is 0 Å². The van der Waals surface area contributed by atoms with Gasteiger partial charge in [0.25, 0.3) is 11.6 Å². The number of benzene rings is 2. The first-order valence-corrected chi connectivity index (χ1v) is 6.81. The molecule has 2 aromatic carbocycles. The van der Waals surface area contributed by atoms with Gasteiger partial charge in [-0.15, -0.1) is 0 Å². The predicted molar refractivity (Wildman–Crippen MR) is 81.8 cm³/mol. The van der Waals surface area contributed by atoms with Crippen molar-refractivity contribution in [2.75, 3.05) is 5.32 Å². The number of nitrogens with zero attached hydrogens (tertiary/aromatic N) is 1. The average molecular weight is 377 g/mol. The molecule has 0 saturated heterocycles. The van der Waals surface area contributed by atoms with Crippen LogP contribution in [0.3, 0.4) is 0 Å². The molecule has 2 rings (SSSR count). The van der Waals surface area contributed by atoms with Gasteiger partial charge in [0.15, 0.2) is 0 Å². The maximum absolute atomic E-state index is 12.2. The average Bonchev–Trinajstić information content (AvgIpc) is 2.49. The molecule has 0 fully saturated rings. The largest absolute Gasteiger partial charge is 1.00 e. The van der Waals surface area contributed by atoms with Crippen LogP contribution in [0.4, 0.5) is 11.4 Å². The van der Waals surface area contributed by atoms with Crippen molar-refractivity contribution in [2.45, 2.75) is 0 Å². The van der Waals surface area contributed by atoms with Gasteiger partial charge in [-0.05, 0) is 24.3 Å². The van der Waals surface area contributed by atoms with E-state index in [0.29, 0.717) is 0 Å². The number of nitrogens with one attached hydrogen (secondary N) is 1. The molecule has 0 radical (unpaired) electrons. The molecule has 0 saturated carbocycles. The van der Waals surface area contributed by atoms with Gasteiger partial charge >= 0.3 is 29.6 Å². The molecular formula is C14H7Cl2N2NaO5. The van der Waals surface area contributed by atoms with E-state index in [2.05, 4.69) is 5.32 Å². The first kappa shape index (κ1) is 20.4. The topological polar surface area (TPSA) is 112 Å². The van der Waals surface area contributed by atoms with Crippen LogP contribution in [-0.2, 0) is 0 Å². The van der Waals surface area contributed by atoms with E-state index >= 15 is 0 Å². The Balaban J connectivity index is 0.00000288. The number of rotatable bonds is 4. The van der Waals surface area contributed by atoms with Gasteiger partial charge < -0.3 is 15.2 Å². The number of carbonyl (C=O) groups excluding carboxylic acids is 2. The third kappa shape index (κ3) is 4.68. The summed E-state index contributed by atoms with van der Waals surface area (Å²) in [7, 11) is 0. The van der Waals surface area contributed by atoms with Crippen molar-refractivity contribution in [1.82, 2.24) is 0 Å². The van der Waals surface area contributed by atoms with E-state index < -0.39 is 22.4 Å². The van der Waals surface area contributed by atoms with E-state index in [9.17, 15) is 24.8 Å². The Morgan fingerprint density at radius 2 is 1.50 bits per heavy atom. The maximum Gasteiger partial charge on any atom is 1.00 e. The van der Waals surface area contributed by atoms with Crippen molar-refractivity contribution in [3.8, 4) is 0 Å². The normalized spacial score (nSPS) is 9.75. The van der Waals surface area contributed by atoms with E-state index in [1.54, 1.807) is 0 Å². The summed E-state index contributed by atoms with van der Waals surface area (Å²) >= 11 is 11.5. The molecule has 0 bridgehead atoms. The summed E-state index contributed by atoms with van der Waals surface area (Å²) in [5.74, 6) is -2.35. The second kappa shape index (κ2) is 8.46. The zero-order valence-electron chi connectivity index (χ0n) is 12.2. The van der Waals surface area contributed by atoms with Gasteiger partial charge in [0.1, 0.15) is 0 Å². The predicted octanol–water partition coefficient (Wildman–Crippen LogP) is -0.479. The molecule has 0 atom stereocenters. The number of halogens is 2. The van der Waals surface area contributed by atoms with Crippen LogP contribution in [0.2, 0.25) is 10.0 Å². The number of carboxylic acid groups (broad SMARTS) is 1. The minimum atomic E-state index is -1.59. The van der Waals surface area contributed by atoms with E-state index in [1.807, 2.05) is 0 Å². The Labute approximate surface area is 168 Å². The van der Waals surface area contributed by atoms with Gasteiger partial charge in [0, 0.05) is 23.4 Å². The van der Waals surface area contributed by atoms with Crippen LogP contribution in [0.1, 0.15) is 20.7 Å². The molecule has 10 heteroatoms. The third-order valence-corrected chi connectivity index (χ3v) is 3.58. The van der Waals surface area contributed by atoms with Crippen molar-refractivity contribution in [3.05, 3.63) is 67.7 Å². The molecule has 0 aliphatic rings. The molecule has 118 valence electrons. The fourth-order valence-corrected chi connectivity index (χ4v) is 2.10. The number of nitro groups is 1. The summed E-state index contributed by atoms with van der Waals surface area (Å²) in [6, 6.07) is 7.15. The monoisotopic (exact) mass is 376 g/mol. The number of non-ortho nitro benzene ring substituents is 1. The van der Waals surface area contributed by atoms with Crippen LogP contribution in [0.15, 0.2) is 36.4 Å². The second-order valence-electron chi connectivity index (χ2n) is 4.36. The summed E-state index contributed by atoms with van der Waals surface area (Å²) in [5, 5.41) is 24.0. The summed E-state index contributed by atoms with van der Waals surface area (Å²) in [6.45, 7) is 0. The molecule has 0 spiro atoms. The third-order valence-electron chi connectivity index (χ3n) is 2.86. The molecule has 1 N–H and O–H groups in total. The summed E-state index contributed by atoms with van der Waals surface area (Å²) in [5.41, 5.74) is -0.555. The van der Waals surface area contributed by atoms with Gasteiger partial charge in [-0.3, -0.25) is 14.9 Å². The fraction of sp³-hybridized carbons (Fsp3) is 0. The molecule has 0 heterocycles. The Bertz CT molecular complexity index is 812. The minimum absolute atomic E-state index is 0. The van der Waals surface area contributed by atoms with Gasteiger partial charge in [-0.1, -0.05) is 23.2 Å². The summed E-state index contributed by atoms with van der Waals surface area (Å²) in [6.07, 6.45) is 0. The van der Waals surface area contributed by atoms with Crippen LogP contribution in [0.25, 0.3) is 0 Å². The van der Waals surface area contributed by atoms with Crippen molar-refractivity contribution in [2.24, 2.45) is 0 Å². The summed E-state index contributed by atoms with van der Waals surface area (Å²) in [4.78, 5) is 33.3. The Morgan fingerprint density at radius 1 is 1.00 bits per heavy atom. The summed E-state index contributed by atoms with van der Waals surface area (Å²) < 4.78 is 0. The van der Waals surface area contributed by atoms with E-state index in [1.165, 1.54) is 24.3 Å². The number of anilines is 1. The number of aromatic carboxylic acids is 1. The van der Waals surface area contributed by atoms with Gasteiger partial charge in [-0.2, -0.15) is 0 Å². The zero-order chi connectivity index (χ0) is 17.1. The number of hydrogen-bond donors (Lipinski definition) is 1. The number of amides is 1. The minimum Gasteiger partial charge on any atom is -0.545 e.